The first kappa shape index (κ1) is 22.7. The van der Waals surface area contributed by atoms with E-state index in [1.54, 1.807) is 67.8 Å². The number of anilines is 1. The van der Waals surface area contributed by atoms with E-state index >= 15 is 0 Å². The molecule has 3 aromatic rings. The van der Waals surface area contributed by atoms with Crippen LogP contribution in [-0.4, -0.2) is 42.0 Å². The monoisotopic (exact) mass is 458 g/mol. The lowest BCUT2D eigenvalue weighted by Gasteiger charge is -2.25. The van der Waals surface area contributed by atoms with Crippen LogP contribution in [0, 0.1) is 0 Å². The molecule has 1 unspecified atom stereocenters. The van der Waals surface area contributed by atoms with Gasteiger partial charge in [0, 0.05) is 23.6 Å². The summed E-state index contributed by atoms with van der Waals surface area (Å²) in [4.78, 5) is 43.2. The predicted molar refractivity (Wildman–Crippen MR) is 124 cm³/mol. The molecule has 8 nitrogen and oxygen atoms in total. The van der Waals surface area contributed by atoms with Gasteiger partial charge in [-0.2, -0.15) is 0 Å². The van der Waals surface area contributed by atoms with Crippen molar-refractivity contribution >= 4 is 29.1 Å². The number of esters is 1. The van der Waals surface area contributed by atoms with Gasteiger partial charge in [-0.15, -0.1) is 0 Å². The fourth-order valence-electron chi connectivity index (χ4n) is 3.88. The molecule has 0 spiro atoms. The number of carbonyl (C=O) groups excluding carboxylic acids is 3. The van der Waals surface area contributed by atoms with E-state index in [0.29, 0.717) is 28.1 Å². The number of Topliss-reactive ketones (excluding diaryl/α,β-unsaturated/α-hetero) is 1. The van der Waals surface area contributed by atoms with Crippen LogP contribution in [0.25, 0.3) is 5.76 Å². The van der Waals surface area contributed by atoms with E-state index in [9.17, 15) is 19.5 Å². The fourth-order valence-corrected chi connectivity index (χ4v) is 3.88. The van der Waals surface area contributed by atoms with Crippen LogP contribution in [0.1, 0.15) is 22.7 Å². The summed E-state index contributed by atoms with van der Waals surface area (Å²) >= 11 is 0. The van der Waals surface area contributed by atoms with Gasteiger partial charge in [0.25, 0.3) is 11.7 Å². The van der Waals surface area contributed by atoms with Gasteiger partial charge in [0.1, 0.15) is 11.5 Å². The molecule has 172 valence electrons. The zero-order valence-corrected chi connectivity index (χ0v) is 18.6. The molecule has 0 radical (unpaired) electrons. The van der Waals surface area contributed by atoms with Crippen LogP contribution in [0.4, 0.5) is 5.69 Å². The third-order valence-corrected chi connectivity index (χ3v) is 5.62. The molecule has 1 aromatic heterocycles. The Labute approximate surface area is 196 Å². The fraction of sp³-hybridized carbons (Fsp3) is 0.154. The summed E-state index contributed by atoms with van der Waals surface area (Å²) in [5.74, 6) is -1.62. The second-order valence-corrected chi connectivity index (χ2v) is 7.60. The Hall–Kier alpha value is -4.46. The first-order valence-corrected chi connectivity index (χ1v) is 10.5. The highest BCUT2D eigenvalue weighted by Crippen LogP contribution is 2.42. The number of hydrogen-bond donors (Lipinski definition) is 1. The number of rotatable bonds is 6. The standard InChI is InChI=1S/C26H22N2O6/c1-33-20-9-5-17(6-10-20)23-22(24(30)18-11-13-27-14-12-18)25(31)26(32)28(23)19-7-3-16(4-8-19)15-21(29)34-2/h3-14,23,30H,15H2,1-2H3/b24-22-. The average Bonchev–Trinajstić information content (AvgIpc) is 3.14. The van der Waals surface area contributed by atoms with Crippen molar-refractivity contribution in [3.8, 4) is 5.75 Å². The van der Waals surface area contributed by atoms with E-state index in [-0.39, 0.29) is 23.7 Å². The Balaban J connectivity index is 1.83. The summed E-state index contributed by atoms with van der Waals surface area (Å²) in [5.41, 5.74) is 2.12. The minimum atomic E-state index is -0.870. The maximum Gasteiger partial charge on any atom is 0.309 e. The van der Waals surface area contributed by atoms with Crippen molar-refractivity contribution in [1.29, 1.82) is 0 Å². The van der Waals surface area contributed by atoms with Gasteiger partial charge >= 0.3 is 5.97 Å². The maximum atomic E-state index is 13.2. The summed E-state index contributed by atoms with van der Waals surface area (Å²) < 4.78 is 9.92. The van der Waals surface area contributed by atoms with Crippen LogP contribution in [0.15, 0.2) is 78.6 Å². The molecule has 0 saturated carbocycles. The van der Waals surface area contributed by atoms with Crippen LogP contribution >= 0.6 is 0 Å². The molecule has 0 aliphatic carbocycles. The van der Waals surface area contributed by atoms with Crippen LogP contribution in [0.2, 0.25) is 0 Å². The van der Waals surface area contributed by atoms with Gasteiger partial charge in [0.15, 0.2) is 0 Å². The normalized spacial score (nSPS) is 17.0. The molecular formula is C26H22N2O6. The number of aliphatic hydroxyl groups excluding tert-OH is 1. The maximum absolute atomic E-state index is 13.2. The van der Waals surface area contributed by atoms with Gasteiger partial charge in [0.05, 0.1) is 32.3 Å². The molecule has 1 aliphatic rings. The van der Waals surface area contributed by atoms with E-state index in [4.69, 9.17) is 9.47 Å². The number of ether oxygens (including phenoxy) is 2. The minimum absolute atomic E-state index is 0.0278. The van der Waals surface area contributed by atoms with E-state index in [1.807, 2.05) is 0 Å². The topological polar surface area (TPSA) is 106 Å². The highest BCUT2D eigenvalue weighted by molar-refractivity contribution is 6.51. The molecule has 0 bridgehead atoms. The van der Waals surface area contributed by atoms with Crippen molar-refractivity contribution in [2.24, 2.45) is 0 Å². The van der Waals surface area contributed by atoms with Gasteiger partial charge in [0.2, 0.25) is 0 Å². The van der Waals surface area contributed by atoms with Crippen molar-refractivity contribution in [3.05, 3.63) is 95.3 Å². The minimum Gasteiger partial charge on any atom is -0.507 e. The molecule has 2 aromatic carbocycles. The lowest BCUT2D eigenvalue weighted by molar-refractivity contribution is -0.139. The van der Waals surface area contributed by atoms with Crippen LogP contribution in [0.3, 0.4) is 0 Å². The van der Waals surface area contributed by atoms with E-state index in [2.05, 4.69) is 4.98 Å². The smallest absolute Gasteiger partial charge is 0.309 e. The quantitative estimate of drug-likeness (QED) is 0.261. The van der Waals surface area contributed by atoms with Gasteiger partial charge in [-0.3, -0.25) is 24.3 Å². The molecule has 2 heterocycles. The number of ketones is 1. The van der Waals surface area contributed by atoms with Crippen molar-refractivity contribution in [3.63, 3.8) is 0 Å². The van der Waals surface area contributed by atoms with Crippen molar-refractivity contribution in [2.45, 2.75) is 12.5 Å². The van der Waals surface area contributed by atoms with Gasteiger partial charge < -0.3 is 14.6 Å². The molecule has 1 aliphatic heterocycles. The third kappa shape index (κ3) is 4.25. The lowest BCUT2D eigenvalue weighted by atomic mass is 9.95. The molecule has 34 heavy (non-hydrogen) atoms. The van der Waals surface area contributed by atoms with Crippen molar-refractivity contribution < 1.29 is 29.0 Å². The number of carbonyl (C=O) groups is 3. The zero-order valence-electron chi connectivity index (χ0n) is 18.6. The highest BCUT2D eigenvalue weighted by atomic mass is 16.5. The van der Waals surface area contributed by atoms with E-state index < -0.39 is 17.7 Å². The second kappa shape index (κ2) is 9.58. The number of benzene rings is 2. The molecule has 1 saturated heterocycles. The SMILES string of the molecule is COC(=O)Cc1ccc(N2C(=O)C(=O)/C(=C(\O)c3ccncc3)C2c2ccc(OC)cc2)cc1. The summed E-state index contributed by atoms with van der Waals surface area (Å²) in [6, 6.07) is 15.9. The number of pyridine rings is 1. The number of aliphatic hydroxyl groups is 1. The molecule has 8 heteroatoms. The summed E-state index contributed by atoms with van der Waals surface area (Å²) in [6.45, 7) is 0. The van der Waals surface area contributed by atoms with Crippen LogP contribution in [0.5, 0.6) is 5.75 Å². The summed E-state index contributed by atoms with van der Waals surface area (Å²) in [6.07, 6.45) is 3.07. The number of aromatic nitrogens is 1. The average molecular weight is 458 g/mol. The number of methoxy groups -OCH3 is 2. The Morgan fingerprint density at radius 1 is 0.971 bits per heavy atom. The molecule has 1 atom stereocenters. The summed E-state index contributed by atoms with van der Waals surface area (Å²) in [7, 11) is 2.86. The predicted octanol–water partition coefficient (Wildman–Crippen LogP) is 3.43. The zero-order chi connectivity index (χ0) is 24.2. The highest BCUT2D eigenvalue weighted by Gasteiger charge is 2.47. The Bertz CT molecular complexity index is 1250. The van der Waals surface area contributed by atoms with Crippen molar-refractivity contribution in [1.82, 2.24) is 4.98 Å². The Kier molecular flexibility index (Phi) is 6.40. The molecular weight excluding hydrogens is 436 g/mol. The summed E-state index contributed by atoms with van der Waals surface area (Å²) in [5, 5.41) is 11.1. The van der Waals surface area contributed by atoms with Crippen LogP contribution < -0.4 is 9.64 Å². The first-order valence-electron chi connectivity index (χ1n) is 10.5. The Morgan fingerprint density at radius 2 is 1.62 bits per heavy atom. The number of amides is 1. The second-order valence-electron chi connectivity index (χ2n) is 7.60. The van der Waals surface area contributed by atoms with E-state index in [1.165, 1.54) is 24.4 Å². The molecule has 1 amide bonds. The number of hydrogen-bond acceptors (Lipinski definition) is 7. The first-order chi connectivity index (χ1) is 16.4. The van der Waals surface area contributed by atoms with Gasteiger partial charge in [-0.05, 0) is 47.5 Å². The number of nitrogens with zero attached hydrogens (tertiary/aromatic N) is 2. The molecule has 1 N–H and O–H groups in total. The molecule has 4 rings (SSSR count). The largest absolute Gasteiger partial charge is 0.507 e. The lowest BCUT2D eigenvalue weighted by Crippen LogP contribution is -2.29. The van der Waals surface area contributed by atoms with Gasteiger partial charge in [-0.1, -0.05) is 24.3 Å². The van der Waals surface area contributed by atoms with E-state index in [0.717, 1.165) is 0 Å². The van der Waals surface area contributed by atoms with Crippen molar-refractivity contribution in [2.75, 3.05) is 19.1 Å². The van der Waals surface area contributed by atoms with Crippen LogP contribution in [-0.2, 0) is 25.5 Å². The molecule has 1 fully saturated rings. The Morgan fingerprint density at radius 3 is 2.21 bits per heavy atom. The van der Waals surface area contributed by atoms with Gasteiger partial charge in [-0.25, -0.2) is 0 Å². The third-order valence-electron chi connectivity index (χ3n) is 5.62.